The van der Waals surface area contributed by atoms with E-state index in [4.69, 9.17) is 0 Å². The van der Waals surface area contributed by atoms with Gasteiger partial charge in [0.05, 0.1) is 11.6 Å². The summed E-state index contributed by atoms with van der Waals surface area (Å²) in [6, 6.07) is 9.47. The Morgan fingerprint density at radius 3 is 2.79 bits per heavy atom. The largest absolute Gasteiger partial charge is 0.325 e. The van der Waals surface area contributed by atoms with Crippen LogP contribution in [0.15, 0.2) is 18.2 Å². The van der Waals surface area contributed by atoms with Crippen LogP contribution >= 0.6 is 0 Å². The molecule has 4 aliphatic rings. The number of fused-ring (bicyclic) bond motifs is 2. The lowest BCUT2D eigenvalue weighted by molar-refractivity contribution is -0.158. The van der Waals surface area contributed by atoms with Gasteiger partial charge in [0.2, 0.25) is 0 Å². The third kappa shape index (κ3) is 1.65. The van der Waals surface area contributed by atoms with Crippen molar-refractivity contribution in [3.8, 4) is 6.07 Å². The summed E-state index contributed by atoms with van der Waals surface area (Å²) in [5, 5.41) is 9.20. The molecule has 2 amide bonds. The lowest BCUT2D eigenvalue weighted by Crippen LogP contribution is -2.81. The first-order valence-corrected chi connectivity index (χ1v) is 9.24. The minimum absolute atomic E-state index is 0.204. The zero-order valence-electron chi connectivity index (χ0n) is 14.2. The molecule has 0 spiro atoms. The molecular formula is C20H23N3O. The van der Waals surface area contributed by atoms with E-state index in [1.165, 1.54) is 17.5 Å². The Morgan fingerprint density at radius 1 is 1.25 bits per heavy atom. The molecule has 1 aromatic rings. The molecule has 24 heavy (non-hydrogen) atoms. The van der Waals surface area contributed by atoms with Crippen LogP contribution in [0.4, 0.5) is 4.79 Å². The number of likely N-dealkylation sites (tertiary alicyclic amines) is 2. The molecule has 5 rings (SSSR count). The molecule has 1 aromatic carbocycles. The Balaban J connectivity index is 1.45. The molecule has 2 saturated heterocycles. The minimum Gasteiger partial charge on any atom is -0.325 e. The van der Waals surface area contributed by atoms with Crippen LogP contribution in [0.5, 0.6) is 0 Å². The minimum atomic E-state index is 0.204. The average Bonchev–Trinajstić information content (AvgIpc) is 2.59. The first-order chi connectivity index (χ1) is 11.6. The van der Waals surface area contributed by atoms with Crippen molar-refractivity contribution in [2.24, 2.45) is 5.92 Å². The number of carbonyl (C=O) groups excluding carboxylic acids is 1. The Bertz CT molecular complexity index is 761. The molecule has 4 nitrogen and oxygen atoms in total. The summed E-state index contributed by atoms with van der Waals surface area (Å²) in [7, 11) is 0. The van der Waals surface area contributed by atoms with Gasteiger partial charge in [-0.05, 0) is 55.4 Å². The normalized spacial score (nSPS) is 35.9. The summed E-state index contributed by atoms with van der Waals surface area (Å²) in [5.41, 5.74) is 3.65. The van der Waals surface area contributed by atoms with Gasteiger partial charge in [-0.15, -0.1) is 0 Å². The number of urea groups is 1. The lowest BCUT2D eigenvalue weighted by atomic mass is 9.43. The van der Waals surface area contributed by atoms with E-state index in [2.05, 4.69) is 28.9 Å². The number of hydrogen-bond acceptors (Lipinski definition) is 2. The number of amides is 2. The van der Waals surface area contributed by atoms with Crippen molar-refractivity contribution in [3.05, 3.63) is 34.9 Å². The van der Waals surface area contributed by atoms with E-state index in [1.807, 2.05) is 12.1 Å². The molecule has 1 unspecified atom stereocenters. The van der Waals surface area contributed by atoms with Crippen molar-refractivity contribution in [2.45, 2.75) is 56.5 Å². The van der Waals surface area contributed by atoms with Crippen LogP contribution in [0.2, 0.25) is 0 Å². The maximum atomic E-state index is 13.0. The van der Waals surface area contributed by atoms with Gasteiger partial charge in [-0.1, -0.05) is 13.0 Å². The molecule has 2 aliphatic carbocycles. The first kappa shape index (κ1) is 14.3. The summed E-state index contributed by atoms with van der Waals surface area (Å²) < 4.78 is 0. The highest BCUT2D eigenvalue weighted by Gasteiger charge is 2.69. The fourth-order valence-electron chi connectivity index (χ4n) is 5.89. The molecule has 0 bridgehead atoms. The van der Waals surface area contributed by atoms with E-state index in [0.29, 0.717) is 18.0 Å². The highest BCUT2D eigenvalue weighted by molar-refractivity contribution is 5.78. The summed E-state index contributed by atoms with van der Waals surface area (Å²) >= 11 is 0. The molecule has 0 N–H and O–H groups in total. The molecule has 2 heterocycles. The molecule has 2 aliphatic heterocycles. The third-order valence-electron chi connectivity index (χ3n) is 7.04. The second-order valence-corrected chi connectivity index (χ2v) is 8.21. The van der Waals surface area contributed by atoms with Crippen LogP contribution < -0.4 is 0 Å². The predicted octanol–water partition coefficient (Wildman–Crippen LogP) is 3.05. The lowest BCUT2D eigenvalue weighted by Gasteiger charge is -2.73. The van der Waals surface area contributed by atoms with Gasteiger partial charge in [-0.3, -0.25) is 0 Å². The van der Waals surface area contributed by atoms with Crippen molar-refractivity contribution in [2.75, 3.05) is 13.1 Å². The quantitative estimate of drug-likeness (QED) is 0.737. The van der Waals surface area contributed by atoms with Gasteiger partial charge in [-0.2, -0.15) is 5.26 Å². The molecule has 3 fully saturated rings. The maximum absolute atomic E-state index is 13.0. The van der Waals surface area contributed by atoms with Gasteiger partial charge < -0.3 is 9.80 Å². The molecule has 124 valence electrons. The third-order valence-corrected chi connectivity index (χ3v) is 7.04. The van der Waals surface area contributed by atoms with Gasteiger partial charge in [0.1, 0.15) is 0 Å². The number of piperidine rings is 2. The molecule has 0 radical (unpaired) electrons. The highest BCUT2D eigenvalue weighted by atomic mass is 16.2. The van der Waals surface area contributed by atoms with Crippen LogP contribution in [0.25, 0.3) is 0 Å². The fraction of sp³-hybridized carbons (Fsp3) is 0.600. The summed E-state index contributed by atoms with van der Waals surface area (Å²) in [6.45, 7) is 4.20. The van der Waals surface area contributed by atoms with Crippen LogP contribution in [-0.4, -0.2) is 41.0 Å². The van der Waals surface area contributed by atoms with Gasteiger partial charge in [0.15, 0.2) is 0 Å². The van der Waals surface area contributed by atoms with E-state index >= 15 is 0 Å². The number of nitrogens with zero attached hydrogens (tertiary/aromatic N) is 3. The van der Waals surface area contributed by atoms with Crippen LogP contribution in [0.3, 0.4) is 0 Å². The van der Waals surface area contributed by atoms with Gasteiger partial charge in [0.25, 0.3) is 0 Å². The monoisotopic (exact) mass is 321 g/mol. The Hall–Kier alpha value is -2.02. The van der Waals surface area contributed by atoms with E-state index < -0.39 is 0 Å². The number of benzene rings is 1. The first-order valence-electron chi connectivity index (χ1n) is 9.24. The van der Waals surface area contributed by atoms with Crippen molar-refractivity contribution in [3.63, 3.8) is 0 Å². The van der Waals surface area contributed by atoms with Crippen molar-refractivity contribution in [1.29, 1.82) is 5.26 Å². The SMILES string of the molecule is C[C@@]12CC3[C@H]1[C@@H](Cc1cc(C#N)ccc12)N3C(=O)N1CCCCC1. The highest BCUT2D eigenvalue weighted by Crippen LogP contribution is 2.63. The summed E-state index contributed by atoms with van der Waals surface area (Å²) in [6.07, 6.45) is 5.53. The smallest absolute Gasteiger partial charge is 0.320 e. The van der Waals surface area contributed by atoms with Gasteiger partial charge in [-0.25, -0.2) is 4.79 Å². The van der Waals surface area contributed by atoms with E-state index in [0.717, 1.165) is 44.3 Å². The second-order valence-electron chi connectivity index (χ2n) is 8.21. The average molecular weight is 321 g/mol. The number of nitriles is 1. The van der Waals surface area contributed by atoms with Gasteiger partial charge in [0, 0.05) is 36.5 Å². The Labute approximate surface area is 143 Å². The van der Waals surface area contributed by atoms with Gasteiger partial charge >= 0.3 is 6.03 Å². The number of rotatable bonds is 0. The van der Waals surface area contributed by atoms with Crippen molar-refractivity contribution in [1.82, 2.24) is 9.80 Å². The molecule has 0 aromatic heterocycles. The Kier molecular flexibility index (Phi) is 2.84. The summed E-state index contributed by atoms with van der Waals surface area (Å²) in [5.74, 6) is 0.617. The molecule has 1 saturated carbocycles. The Morgan fingerprint density at radius 2 is 2.04 bits per heavy atom. The predicted molar refractivity (Wildman–Crippen MR) is 90.6 cm³/mol. The van der Waals surface area contributed by atoms with E-state index in [-0.39, 0.29) is 11.4 Å². The zero-order chi connectivity index (χ0) is 16.5. The number of hydrogen-bond donors (Lipinski definition) is 0. The van der Waals surface area contributed by atoms with E-state index in [1.54, 1.807) is 0 Å². The zero-order valence-corrected chi connectivity index (χ0v) is 14.2. The fourth-order valence-corrected chi connectivity index (χ4v) is 5.89. The van der Waals surface area contributed by atoms with Crippen molar-refractivity contribution < 1.29 is 4.79 Å². The second kappa shape index (κ2) is 4.75. The molecular weight excluding hydrogens is 298 g/mol. The van der Waals surface area contributed by atoms with Crippen LogP contribution in [-0.2, 0) is 11.8 Å². The molecule has 4 atom stereocenters. The van der Waals surface area contributed by atoms with E-state index in [9.17, 15) is 10.1 Å². The standard InChI is InChI=1S/C20H23N3O/c1-20-11-17-18(20)16(10-14-9-13(12-21)5-6-15(14)20)23(17)19(24)22-7-3-2-4-8-22/h5-6,9,16-18H,2-4,7-8,10-11H2,1H3/t16-,17?,18-,20+/m1/s1. The molecule has 4 heteroatoms. The van der Waals surface area contributed by atoms with Crippen molar-refractivity contribution >= 4 is 6.03 Å². The van der Waals surface area contributed by atoms with Crippen LogP contribution in [0, 0.1) is 17.2 Å². The number of carbonyl (C=O) groups is 1. The topological polar surface area (TPSA) is 47.3 Å². The summed E-state index contributed by atoms with van der Waals surface area (Å²) in [4.78, 5) is 17.3. The van der Waals surface area contributed by atoms with Crippen LogP contribution in [0.1, 0.15) is 49.3 Å². The maximum Gasteiger partial charge on any atom is 0.320 e.